The summed E-state index contributed by atoms with van der Waals surface area (Å²) >= 11 is 0. The lowest BCUT2D eigenvalue weighted by Crippen LogP contribution is -2.26. The van der Waals surface area contributed by atoms with Gasteiger partial charge in [-0.2, -0.15) is 10.1 Å². The molecule has 0 amide bonds. The van der Waals surface area contributed by atoms with Crippen molar-refractivity contribution in [3.63, 3.8) is 0 Å². The lowest BCUT2D eigenvalue weighted by atomic mass is 9.98. The Hall–Kier alpha value is -4.09. The molecule has 5 aromatic rings. The summed E-state index contributed by atoms with van der Waals surface area (Å²) in [6.07, 6.45) is 6.42. The Kier molecular flexibility index (Phi) is 6.28. The van der Waals surface area contributed by atoms with Crippen LogP contribution in [0.5, 0.6) is 5.88 Å². The normalized spacial score (nSPS) is 12.3. The van der Waals surface area contributed by atoms with Gasteiger partial charge in [-0.3, -0.25) is 9.67 Å². The average molecular weight is 533 g/mol. The molecule has 10 nitrogen and oxygen atoms in total. The van der Waals surface area contributed by atoms with Crippen molar-refractivity contribution in [2.45, 2.75) is 37.9 Å². The number of anilines is 2. The Bertz CT molecular complexity index is 1790. The number of nitrogens with zero attached hydrogens (tertiary/aromatic N) is 5. The third kappa shape index (κ3) is 4.90. The zero-order valence-electron chi connectivity index (χ0n) is 21.7. The highest BCUT2D eigenvalue weighted by molar-refractivity contribution is 7.90. The first-order chi connectivity index (χ1) is 17.9. The van der Waals surface area contributed by atoms with Gasteiger partial charge in [-0.25, -0.2) is 13.4 Å². The summed E-state index contributed by atoms with van der Waals surface area (Å²) in [5, 5.41) is 20.7. The molecular weight excluding hydrogens is 504 g/mol. The van der Waals surface area contributed by atoms with Gasteiger partial charge in [0.15, 0.2) is 14.9 Å². The molecule has 1 aromatic carbocycles. The Morgan fingerprint density at radius 1 is 1.08 bits per heavy atom. The first-order valence-electron chi connectivity index (χ1n) is 11.9. The van der Waals surface area contributed by atoms with Gasteiger partial charge in [0.25, 0.3) is 0 Å². The Balaban J connectivity index is 1.57. The number of rotatable bonds is 7. The van der Waals surface area contributed by atoms with Crippen LogP contribution in [0.25, 0.3) is 32.9 Å². The zero-order valence-corrected chi connectivity index (χ0v) is 22.5. The van der Waals surface area contributed by atoms with E-state index in [1.165, 1.54) is 13.2 Å². The molecule has 38 heavy (non-hydrogen) atoms. The summed E-state index contributed by atoms with van der Waals surface area (Å²) in [5.41, 5.74) is 3.31. The molecule has 0 fully saturated rings. The molecule has 0 saturated heterocycles. The molecule has 0 aliphatic carbocycles. The van der Waals surface area contributed by atoms with Gasteiger partial charge < -0.3 is 15.2 Å². The number of fused-ring (bicyclic) bond motifs is 2. The average Bonchev–Trinajstić information content (AvgIpc) is 3.25. The lowest BCUT2D eigenvalue weighted by Gasteiger charge is -2.18. The van der Waals surface area contributed by atoms with E-state index >= 15 is 0 Å². The van der Waals surface area contributed by atoms with Crippen molar-refractivity contribution in [2.75, 3.05) is 18.7 Å². The molecule has 0 bridgehead atoms. The molecule has 4 heterocycles. The van der Waals surface area contributed by atoms with E-state index in [-0.39, 0.29) is 10.9 Å². The van der Waals surface area contributed by atoms with Crippen LogP contribution in [0, 0.1) is 6.92 Å². The van der Waals surface area contributed by atoms with E-state index in [2.05, 4.69) is 20.4 Å². The van der Waals surface area contributed by atoms with E-state index in [9.17, 15) is 13.5 Å². The molecular formula is C27H28N6O4S. The minimum atomic E-state index is -3.48. The van der Waals surface area contributed by atoms with Crippen molar-refractivity contribution >= 4 is 43.0 Å². The maximum Gasteiger partial charge on any atom is 0.238 e. The number of benzene rings is 1. The predicted molar refractivity (Wildman–Crippen MR) is 146 cm³/mol. The molecule has 2 N–H and O–H groups in total. The van der Waals surface area contributed by atoms with Crippen molar-refractivity contribution in [3.05, 3.63) is 60.6 Å². The predicted octanol–water partition coefficient (Wildman–Crippen LogP) is 4.28. The number of ether oxygens (including phenoxy) is 1. The largest absolute Gasteiger partial charge is 0.479 e. The number of sulfone groups is 1. The van der Waals surface area contributed by atoms with Crippen molar-refractivity contribution in [1.82, 2.24) is 24.7 Å². The monoisotopic (exact) mass is 532 g/mol. The summed E-state index contributed by atoms with van der Waals surface area (Å²) in [4.78, 5) is 13.3. The van der Waals surface area contributed by atoms with Gasteiger partial charge in [0.05, 0.1) is 36.7 Å². The van der Waals surface area contributed by atoms with Crippen molar-refractivity contribution in [3.8, 4) is 17.1 Å². The van der Waals surface area contributed by atoms with Gasteiger partial charge in [-0.05, 0) is 56.7 Å². The van der Waals surface area contributed by atoms with E-state index in [0.29, 0.717) is 18.1 Å². The summed E-state index contributed by atoms with van der Waals surface area (Å²) in [6.45, 7) is 5.93. The minimum absolute atomic E-state index is 0.0744. The van der Waals surface area contributed by atoms with Crippen LogP contribution >= 0.6 is 0 Å². The molecule has 11 heteroatoms. The Morgan fingerprint density at radius 2 is 1.87 bits per heavy atom. The van der Waals surface area contributed by atoms with Gasteiger partial charge in [-0.1, -0.05) is 6.07 Å². The highest BCUT2D eigenvalue weighted by atomic mass is 32.2. The van der Waals surface area contributed by atoms with Crippen LogP contribution in [-0.4, -0.2) is 57.2 Å². The second-order valence-corrected chi connectivity index (χ2v) is 11.8. The smallest absolute Gasteiger partial charge is 0.238 e. The zero-order chi connectivity index (χ0) is 27.2. The number of hydrogen-bond donors (Lipinski definition) is 2. The van der Waals surface area contributed by atoms with Crippen LogP contribution in [0.1, 0.15) is 19.4 Å². The van der Waals surface area contributed by atoms with Gasteiger partial charge >= 0.3 is 0 Å². The molecule has 196 valence electrons. The second kappa shape index (κ2) is 9.34. The van der Waals surface area contributed by atoms with Gasteiger partial charge in [0, 0.05) is 40.4 Å². The van der Waals surface area contributed by atoms with Crippen LogP contribution < -0.4 is 10.1 Å². The standard InChI is InChI=1S/C27H28N6O4S/c1-16-18(6-8-22-20(16)14-30-33(22)15-27(2,3)34)25-19-12-23(29-13-17(19)10-11-28-25)31-21-7-9-24(38(5,35)36)32-26(21)37-4/h6-14,34H,15H2,1-5H3,(H,29,31). The summed E-state index contributed by atoms with van der Waals surface area (Å²) < 4.78 is 30.9. The van der Waals surface area contributed by atoms with Crippen molar-refractivity contribution in [2.24, 2.45) is 0 Å². The van der Waals surface area contributed by atoms with Crippen LogP contribution in [-0.2, 0) is 16.4 Å². The van der Waals surface area contributed by atoms with E-state index in [0.717, 1.165) is 44.8 Å². The molecule has 0 saturated carbocycles. The van der Waals surface area contributed by atoms with Gasteiger partial charge in [0.1, 0.15) is 11.5 Å². The fourth-order valence-electron chi connectivity index (χ4n) is 4.41. The van der Waals surface area contributed by atoms with E-state index < -0.39 is 15.4 Å². The first-order valence-corrected chi connectivity index (χ1v) is 13.8. The quantitative estimate of drug-likeness (QED) is 0.315. The minimum Gasteiger partial charge on any atom is -0.479 e. The van der Waals surface area contributed by atoms with Gasteiger partial charge in [0.2, 0.25) is 5.88 Å². The number of aryl methyl sites for hydroxylation is 1. The van der Waals surface area contributed by atoms with E-state index in [1.807, 2.05) is 42.1 Å². The number of aromatic nitrogens is 5. The highest BCUT2D eigenvalue weighted by Crippen LogP contribution is 2.35. The first kappa shape index (κ1) is 25.6. The van der Waals surface area contributed by atoms with E-state index in [4.69, 9.17) is 9.72 Å². The Labute approximate surface area is 220 Å². The number of pyridine rings is 3. The maximum absolute atomic E-state index is 11.9. The van der Waals surface area contributed by atoms with Crippen LogP contribution in [0.2, 0.25) is 0 Å². The molecule has 0 atom stereocenters. The summed E-state index contributed by atoms with van der Waals surface area (Å²) in [6, 6.07) is 10.8. The Morgan fingerprint density at radius 3 is 2.58 bits per heavy atom. The summed E-state index contributed by atoms with van der Waals surface area (Å²) in [7, 11) is -2.05. The van der Waals surface area contributed by atoms with Crippen molar-refractivity contribution < 1.29 is 18.3 Å². The van der Waals surface area contributed by atoms with Gasteiger partial charge in [-0.15, -0.1) is 0 Å². The third-order valence-corrected chi connectivity index (χ3v) is 7.19. The number of methoxy groups -OCH3 is 1. The number of hydrogen-bond acceptors (Lipinski definition) is 9. The lowest BCUT2D eigenvalue weighted by molar-refractivity contribution is 0.0591. The second-order valence-electron chi connectivity index (χ2n) is 9.84. The SMILES string of the molecule is COc1nc(S(C)(=O)=O)ccc1Nc1cc2c(-c3ccc4c(cnn4CC(C)(C)O)c3C)nccc2cn1. The fraction of sp³-hybridized carbons (Fsp3) is 0.259. The van der Waals surface area contributed by atoms with Crippen LogP contribution in [0.4, 0.5) is 11.5 Å². The topological polar surface area (TPSA) is 132 Å². The number of nitrogens with one attached hydrogen (secondary N) is 1. The van der Waals surface area contributed by atoms with E-state index in [1.54, 1.807) is 32.3 Å². The summed E-state index contributed by atoms with van der Waals surface area (Å²) in [5.74, 6) is 0.668. The van der Waals surface area contributed by atoms with Crippen LogP contribution in [0.3, 0.4) is 0 Å². The van der Waals surface area contributed by atoms with Crippen molar-refractivity contribution in [1.29, 1.82) is 0 Å². The third-order valence-electron chi connectivity index (χ3n) is 6.21. The fourth-order valence-corrected chi connectivity index (χ4v) is 4.97. The molecule has 0 aliphatic heterocycles. The highest BCUT2D eigenvalue weighted by Gasteiger charge is 2.19. The molecule has 0 radical (unpaired) electrons. The molecule has 4 aromatic heterocycles. The molecule has 0 unspecified atom stereocenters. The number of aliphatic hydroxyl groups is 1. The molecule has 5 rings (SSSR count). The van der Waals surface area contributed by atoms with Crippen LogP contribution in [0.15, 0.2) is 60.0 Å². The molecule has 0 aliphatic rings. The maximum atomic E-state index is 11.9. The molecule has 0 spiro atoms.